The number of benzene rings is 3. The van der Waals surface area contributed by atoms with Crippen LogP contribution in [-0.2, 0) is 91.2 Å². The zero-order chi connectivity index (χ0) is 99.5. The lowest BCUT2D eigenvalue weighted by Gasteiger charge is -2.12. The summed E-state index contributed by atoms with van der Waals surface area (Å²) >= 11 is 9.03. The van der Waals surface area contributed by atoms with Gasteiger partial charge in [0.15, 0.2) is 23.3 Å². The van der Waals surface area contributed by atoms with Crippen molar-refractivity contribution in [3.63, 3.8) is 0 Å². The third-order valence-corrected chi connectivity index (χ3v) is 15.2. The second-order valence-corrected chi connectivity index (χ2v) is 26.4. The number of aldehydes is 3. The maximum atomic E-state index is 13.1. The number of nitrogens with two attached hydrogens (primary N) is 17. The molecule has 51 heteroatoms. The van der Waals surface area contributed by atoms with Gasteiger partial charge in [0.25, 0.3) is 0 Å². The molecule has 2 amide bonds. The molecule has 3 aromatic carbocycles. The number of hydrogen-bond acceptors (Lipinski definition) is 34. The second kappa shape index (κ2) is 95.6. The number of aliphatic carboxylic acids is 10. The zero-order valence-corrected chi connectivity index (χ0v) is 70.1. The number of thiol groups is 2. The first-order valence-corrected chi connectivity index (χ1v) is 37.7. The monoisotopic (exact) mass is 1930 g/mol. The van der Waals surface area contributed by atoms with Gasteiger partial charge in [-0.05, 0) is 126 Å². The quantitative estimate of drug-likeness (QED) is 0.00962. The van der Waals surface area contributed by atoms with Crippen molar-refractivity contribution in [2.24, 2.45) is 103 Å². The molecule has 0 saturated carbocycles. The van der Waals surface area contributed by atoms with Gasteiger partial charge in [0.2, 0.25) is 17.6 Å². The normalized spacial score (nSPS) is 12.6. The Bertz CT molecular complexity index is 3670. The van der Waals surface area contributed by atoms with Crippen molar-refractivity contribution in [1.82, 2.24) is 5.32 Å². The summed E-state index contributed by atoms with van der Waals surface area (Å²) in [6.45, 7) is 7.87. The van der Waals surface area contributed by atoms with E-state index in [1.54, 1.807) is 25.3 Å². The van der Waals surface area contributed by atoms with Crippen molar-refractivity contribution in [2.45, 2.75) is 235 Å². The van der Waals surface area contributed by atoms with E-state index in [4.69, 9.17) is 136 Å². The first-order chi connectivity index (χ1) is 58.0. The number of fused-ring (bicyclic) bond motifs is 1. The van der Waals surface area contributed by atoms with E-state index in [9.17, 15) is 93.9 Å². The lowest BCUT2D eigenvalue weighted by Crippen LogP contribution is -2.37. The van der Waals surface area contributed by atoms with Crippen molar-refractivity contribution < 1.29 is 149 Å². The molecule has 1 aromatic heterocycles. The Hall–Kier alpha value is -10.0. The van der Waals surface area contributed by atoms with Gasteiger partial charge in [0.05, 0.1) is 18.1 Å². The molecule has 0 fully saturated rings. The van der Waals surface area contributed by atoms with Crippen LogP contribution in [-0.4, -0.2) is 258 Å². The van der Waals surface area contributed by atoms with Crippen LogP contribution in [0.15, 0.2) is 60.0 Å². The molecule has 0 aliphatic carbocycles. The largest absolute Gasteiger partial charge is 0.480 e. The predicted molar refractivity (Wildman–Crippen MR) is 497 cm³/mol. The number of aryl methyl sites for hydroxylation is 1. The van der Waals surface area contributed by atoms with Crippen LogP contribution in [0.25, 0.3) is 10.1 Å². The van der Waals surface area contributed by atoms with Crippen LogP contribution in [0.1, 0.15) is 154 Å². The van der Waals surface area contributed by atoms with Gasteiger partial charge >= 0.3 is 59.7 Å². The summed E-state index contributed by atoms with van der Waals surface area (Å²) in [7, 11) is 1.67. The molecule has 13 atom stereocenters. The number of rotatable bonds is 40. The van der Waals surface area contributed by atoms with E-state index in [1.165, 1.54) is 11.6 Å². The first-order valence-electron chi connectivity index (χ1n) is 37.0. The molecule has 0 unspecified atom stereocenters. The number of carboxylic acid groups (broad SMARTS) is 10. The van der Waals surface area contributed by atoms with E-state index in [-0.39, 0.29) is 95.6 Å². The predicted octanol–water partition coefficient (Wildman–Crippen LogP) is 0.786. The van der Waals surface area contributed by atoms with E-state index >= 15 is 0 Å². The van der Waals surface area contributed by atoms with Crippen molar-refractivity contribution in [1.29, 1.82) is 0 Å². The SMILES string of the molecule is C.C.C.C.C.C.C.CN[C@@H](CC(C)C)C(=O)O.C[C@@H](N)C(=O)O.NC(=O)CC[C@@H](N)C(=O)O.NCCC[C@H](N)C(=O)O.NCC[C@H](N)C(=O)O.NC[C@H](N)C(=O)O.N[C@@H](CCc1ccccc1)C(=O)O.N[C@@H](Cc1c(F)c(F)c(F)c(F)c1F)C(=O)O.N[C@@H](Cc1csc2ccccc12)C(=O)O.N[C@H](CS)C(=O)O.[2H]N[C@@H](C)C=O.[2H]N[C@H](C=O)CCC(N)=O.[2H]N[C@H](C=O)CS. The number of likely N-dealkylation sites (N-methyl/N-ethyl adjacent to an activating group) is 1. The van der Waals surface area contributed by atoms with Gasteiger partial charge in [-0.15, -0.1) is 11.3 Å². The number of primary amides is 2. The maximum absolute atomic E-state index is 13.1. The van der Waals surface area contributed by atoms with E-state index in [0.717, 1.165) is 16.5 Å². The Morgan fingerprint density at radius 3 is 1.09 bits per heavy atom. The van der Waals surface area contributed by atoms with Crippen LogP contribution in [0.4, 0.5) is 22.0 Å². The fourth-order valence-electron chi connectivity index (χ4n) is 6.33. The molecule has 1 heterocycles. The number of nitrogens with one attached hydrogen (secondary N) is 1. The minimum absolute atomic E-state index is 0. The van der Waals surface area contributed by atoms with E-state index in [0.29, 0.717) is 95.0 Å². The number of halogens is 5. The summed E-state index contributed by atoms with van der Waals surface area (Å²) < 4.78 is 84.6. The smallest absolute Gasteiger partial charge is 0.321 e. The minimum atomic E-state index is -2.30. The highest BCUT2D eigenvalue weighted by Crippen LogP contribution is 2.27. The number of carboxylic acids is 10. The third-order valence-electron chi connectivity index (χ3n) is 13.4. The fourth-order valence-corrected chi connectivity index (χ4v) is 7.55. The Labute approximate surface area is 770 Å². The van der Waals surface area contributed by atoms with E-state index < -0.39 is 179 Å². The third kappa shape index (κ3) is 93.9. The summed E-state index contributed by atoms with van der Waals surface area (Å²) in [4.78, 5) is 150. The molecular formula is C78H151F5N18O25S3. The van der Waals surface area contributed by atoms with Gasteiger partial charge in [-0.25, -0.2) is 22.0 Å². The Morgan fingerprint density at radius 2 is 0.814 bits per heavy atom. The highest BCUT2D eigenvalue weighted by molar-refractivity contribution is 7.80. The standard InChI is InChI=1S/C11H11NO2S.C10H13NO2.C9H6F5NO2.C7H15NO2.C5H10N2O3.C5H10N2O2.C5H12N2O2.C4H10N2O2.C3H8N2O2.C3H7NO2S.C3H7NO2.C3H7NOS.C3H7NO.7CH4/c12-9(11(13)14)5-7-6-15-10-4-2-1-3-8(7)10;11-9(10(12)13)7-6-8-4-2-1-3-5-8;10-4-2(1-3(15)9(16)17)5(11)7(13)8(14)6(4)12;1-5(2)4-6(8-3)7(9)10;6-3(5(9)10)1-2-4(7)8;6-4(3-8)1-2-5(7)9;6-3-1-2-4(7)5(8)9;5-2-1-3(6)4(7)8;4-1-2(5)3(6)7;4-2(1-7)3(5)6;1-2(4)3(5)6;4-3(1-5)2-6;1-3(4)2-5;;;;;;;/h1-4,6,9H,5,12H2,(H,13,14);1-5,9H,6-7,11H2,(H,12,13);3H,1,15H2,(H,16,17);5-6,8H,4H2,1-3H3,(H,9,10);3H,1-2,6H2,(H2,7,8)(H,9,10);3-4H,1-2,6H2,(H2,7,9);4H,1-3,6-7H2,(H,8,9);3H,1-2,5-6H2,(H,7,8);2H,1,4-5H2,(H,6,7);2,7H,1,4H2,(H,5,6);2H,4H2,1H3,(H,5,6);1,3,6H,2,4H2;2-3H,4H2,1H3;7*1H4/t2*9-;3-;6-;3-;2*4-;3-;3*2-;2*3-;;;;;;;/m0000100001110......./s1/i/hD3. The molecular weight excluding hydrogens is 1780 g/mol. The molecule has 0 aliphatic heterocycles. The van der Waals surface area contributed by atoms with Crippen molar-refractivity contribution in [3.8, 4) is 0 Å². The summed E-state index contributed by atoms with van der Waals surface area (Å²) in [5.74, 6) is -21.0. The highest BCUT2D eigenvalue weighted by Gasteiger charge is 2.28. The van der Waals surface area contributed by atoms with Gasteiger partial charge in [0, 0.05) is 47.6 Å². The fraction of sp³-hybridized carbons (Fsp3) is 0.551. The van der Waals surface area contributed by atoms with Crippen molar-refractivity contribution in [2.75, 3.05) is 38.2 Å². The lowest BCUT2D eigenvalue weighted by atomic mass is 10.0. The first kappa shape index (κ1) is 147. The van der Waals surface area contributed by atoms with Gasteiger partial charge in [-0.3, -0.25) is 57.5 Å². The molecule has 129 heavy (non-hydrogen) atoms. The average molecular weight is 1940 g/mol. The highest BCUT2D eigenvalue weighted by atomic mass is 32.1. The molecule has 756 valence electrons. The summed E-state index contributed by atoms with van der Waals surface area (Å²) in [5, 5.41) is 88.5. The maximum Gasteiger partial charge on any atom is 0.321 e. The van der Waals surface area contributed by atoms with Crippen molar-refractivity contribution in [3.05, 3.63) is 106 Å². The number of hydrogen-bond donors (Lipinski definition) is 30. The topological polar surface area (TPSA) is 913 Å². The van der Waals surface area contributed by atoms with Crippen molar-refractivity contribution >= 4 is 137 Å². The van der Waals surface area contributed by atoms with Gasteiger partial charge in [0.1, 0.15) is 83.5 Å². The summed E-state index contributed by atoms with van der Waals surface area (Å²) in [5.41, 5.74) is 77.2. The molecule has 0 spiro atoms. The van der Waals surface area contributed by atoms with Crippen LogP contribution in [0.5, 0.6) is 0 Å². The minimum Gasteiger partial charge on any atom is -0.480 e. The van der Waals surface area contributed by atoms with Gasteiger partial charge < -0.3 is 168 Å². The number of thiophene rings is 1. The van der Waals surface area contributed by atoms with Gasteiger partial charge in [-0.2, -0.15) is 25.3 Å². The number of amides is 2. The van der Waals surface area contributed by atoms with Crippen LogP contribution in [0.2, 0.25) is 4.24 Å². The lowest BCUT2D eigenvalue weighted by molar-refractivity contribution is -0.140. The Kier molecular flexibility index (Phi) is 109. The Morgan fingerprint density at radius 1 is 0.442 bits per heavy atom. The van der Waals surface area contributed by atoms with Crippen LogP contribution >= 0.6 is 36.6 Å². The molecule has 0 radical (unpaired) electrons. The molecule has 45 N–H and O–H groups in total. The summed E-state index contributed by atoms with van der Waals surface area (Å²) in [6, 6.07) is 7.67. The Balaban J connectivity index is -0.0000000795. The van der Waals surface area contributed by atoms with Crippen LogP contribution < -0.4 is 103 Å². The van der Waals surface area contributed by atoms with Gasteiger partial charge in [-0.1, -0.05) is 114 Å². The average Bonchev–Trinajstić information content (AvgIpc) is 0.996. The summed E-state index contributed by atoms with van der Waals surface area (Å²) in [6.07, 6.45) is 5.22. The van der Waals surface area contributed by atoms with E-state index in [2.05, 4.69) is 30.6 Å². The molecule has 43 nitrogen and oxygen atoms in total. The van der Waals surface area contributed by atoms with Crippen LogP contribution in [0, 0.1) is 35.0 Å². The molecule has 0 bridgehead atoms. The number of carbonyl (C=O) groups excluding carboxylic acids is 5. The molecule has 4 rings (SSSR count). The zero-order valence-electron chi connectivity index (χ0n) is 70.5. The molecule has 4 aromatic rings. The molecule has 0 aliphatic rings. The van der Waals surface area contributed by atoms with E-state index in [1.807, 2.05) is 91.0 Å². The number of carbonyl (C=O) groups is 15. The molecule has 0 saturated heterocycles. The van der Waals surface area contributed by atoms with Crippen LogP contribution in [0.3, 0.4) is 0 Å². The second-order valence-electron chi connectivity index (χ2n) is 24.8.